The molecule has 0 aromatic rings. The van der Waals surface area contributed by atoms with Crippen LogP contribution in [-0.2, 0) is 4.79 Å². The van der Waals surface area contributed by atoms with Gasteiger partial charge >= 0.3 is 6.03 Å². The van der Waals surface area contributed by atoms with Crippen LogP contribution in [0.25, 0.3) is 0 Å². The number of urea groups is 1. The molecule has 0 aromatic carbocycles. The molecule has 124 valence electrons. The van der Waals surface area contributed by atoms with Crippen molar-refractivity contribution in [2.24, 2.45) is 11.3 Å². The molecule has 0 aliphatic heterocycles. The summed E-state index contributed by atoms with van der Waals surface area (Å²) in [5.74, 6) is -0.142. The standard InChI is InChI=1S/C17H34N2O2/c1-10-11-13(12-16(2,3)4)14(20)19(17(5,6)7)15(21)18(8)9/h13H,10-12H2,1-9H3. The van der Waals surface area contributed by atoms with Crippen LogP contribution in [-0.4, -0.2) is 41.4 Å². The van der Waals surface area contributed by atoms with E-state index in [4.69, 9.17) is 0 Å². The van der Waals surface area contributed by atoms with E-state index in [1.807, 2.05) is 20.8 Å². The zero-order valence-corrected chi connectivity index (χ0v) is 15.4. The van der Waals surface area contributed by atoms with E-state index in [1.165, 1.54) is 9.80 Å². The van der Waals surface area contributed by atoms with Crippen LogP contribution in [0.1, 0.15) is 67.7 Å². The number of hydrogen-bond donors (Lipinski definition) is 0. The molecule has 0 saturated carbocycles. The van der Waals surface area contributed by atoms with E-state index in [9.17, 15) is 9.59 Å². The Labute approximate surface area is 130 Å². The van der Waals surface area contributed by atoms with Crippen LogP contribution in [0, 0.1) is 11.3 Å². The summed E-state index contributed by atoms with van der Waals surface area (Å²) in [7, 11) is 3.37. The molecule has 0 rings (SSSR count). The minimum atomic E-state index is -0.512. The van der Waals surface area contributed by atoms with Crippen molar-refractivity contribution in [2.45, 2.75) is 73.3 Å². The van der Waals surface area contributed by atoms with Gasteiger partial charge in [0.2, 0.25) is 5.91 Å². The van der Waals surface area contributed by atoms with E-state index >= 15 is 0 Å². The second-order valence-electron chi connectivity index (χ2n) is 8.27. The molecule has 0 heterocycles. The Balaban J connectivity index is 5.45. The predicted octanol–water partition coefficient (Wildman–Crippen LogP) is 4.15. The highest BCUT2D eigenvalue weighted by molar-refractivity contribution is 5.96. The topological polar surface area (TPSA) is 40.6 Å². The van der Waals surface area contributed by atoms with Crippen LogP contribution < -0.4 is 0 Å². The van der Waals surface area contributed by atoms with Gasteiger partial charge in [-0.3, -0.25) is 9.69 Å². The number of rotatable bonds is 4. The fourth-order valence-electron chi connectivity index (χ4n) is 2.49. The lowest BCUT2D eigenvalue weighted by Gasteiger charge is -2.38. The summed E-state index contributed by atoms with van der Waals surface area (Å²) in [6.07, 6.45) is 2.57. The molecule has 1 unspecified atom stereocenters. The third-order valence-corrected chi connectivity index (χ3v) is 3.31. The number of amides is 3. The van der Waals surface area contributed by atoms with Gasteiger partial charge in [0.25, 0.3) is 0 Å². The van der Waals surface area contributed by atoms with E-state index in [1.54, 1.807) is 14.1 Å². The molecule has 0 aliphatic carbocycles. The van der Waals surface area contributed by atoms with Gasteiger partial charge in [0.1, 0.15) is 0 Å². The molecule has 0 aliphatic rings. The number of nitrogens with zero attached hydrogens (tertiary/aromatic N) is 2. The van der Waals surface area contributed by atoms with Crippen molar-refractivity contribution >= 4 is 11.9 Å². The van der Waals surface area contributed by atoms with Gasteiger partial charge in [-0.2, -0.15) is 0 Å². The Morgan fingerprint density at radius 2 is 1.48 bits per heavy atom. The second kappa shape index (κ2) is 7.28. The summed E-state index contributed by atoms with van der Waals surface area (Å²) in [6.45, 7) is 14.2. The van der Waals surface area contributed by atoms with Crippen molar-refractivity contribution in [3.63, 3.8) is 0 Å². The Bertz CT molecular complexity index is 362. The SMILES string of the molecule is CCCC(CC(C)(C)C)C(=O)N(C(=O)N(C)C)C(C)(C)C. The number of hydrogen-bond acceptors (Lipinski definition) is 2. The third kappa shape index (κ3) is 6.49. The van der Waals surface area contributed by atoms with Crippen molar-refractivity contribution in [1.29, 1.82) is 0 Å². The molecule has 3 amide bonds. The highest BCUT2D eigenvalue weighted by Crippen LogP contribution is 2.30. The largest absolute Gasteiger partial charge is 0.330 e. The molecule has 0 radical (unpaired) electrons. The third-order valence-electron chi connectivity index (χ3n) is 3.31. The maximum absolute atomic E-state index is 13.0. The monoisotopic (exact) mass is 298 g/mol. The lowest BCUT2D eigenvalue weighted by molar-refractivity contribution is -0.138. The summed E-state index contributed by atoms with van der Waals surface area (Å²) in [4.78, 5) is 28.3. The van der Waals surface area contributed by atoms with Crippen LogP contribution in [0.2, 0.25) is 0 Å². The summed E-state index contributed by atoms with van der Waals surface area (Å²) < 4.78 is 0. The van der Waals surface area contributed by atoms with E-state index in [0.717, 1.165) is 19.3 Å². The van der Waals surface area contributed by atoms with Gasteiger partial charge in [0, 0.05) is 25.6 Å². The van der Waals surface area contributed by atoms with Crippen molar-refractivity contribution in [3.05, 3.63) is 0 Å². The fourth-order valence-corrected chi connectivity index (χ4v) is 2.49. The molecule has 4 nitrogen and oxygen atoms in total. The maximum Gasteiger partial charge on any atom is 0.326 e. The van der Waals surface area contributed by atoms with Crippen LogP contribution in [0.15, 0.2) is 0 Å². The molecule has 0 fully saturated rings. The van der Waals surface area contributed by atoms with Crippen molar-refractivity contribution < 1.29 is 9.59 Å². The first-order valence-corrected chi connectivity index (χ1v) is 7.86. The molecule has 0 spiro atoms. The Kier molecular flexibility index (Phi) is 6.91. The van der Waals surface area contributed by atoms with E-state index in [-0.39, 0.29) is 23.3 Å². The van der Waals surface area contributed by atoms with Gasteiger partial charge in [-0.25, -0.2) is 4.79 Å². The Hall–Kier alpha value is -1.06. The van der Waals surface area contributed by atoms with Gasteiger partial charge in [-0.15, -0.1) is 0 Å². The smallest absolute Gasteiger partial charge is 0.326 e. The number of carbonyl (C=O) groups excluding carboxylic acids is 2. The Morgan fingerprint density at radius 3 is 1.76 bits per heavy atom. The summed E-state index contributed by atoms with van der Waals surface area (Å²) >= 11 is 0. The molecule has 21 heavy (non-hydrogen) atoms. The van der Waals surface area contributed by atoms with Crippen LogP contribution in [0.4, 0.5) is 4.79 Å². The molecular weight excluding hydrogens is 264 g/mol. The number of imide groups is 1. The first-order valence-electron chi connectivity index (χ1n) is 7.86. The van der Waals surface area contributed by atoms with Crippen LogP contribution >= 0.6 is 0 Å². The van der Waals surface area contributed by atoms with Gasteiger partial charge in [-0.1, -0.05) is 34.1 Å². The van der Waals surface area contributed by atoms with Crippen molar-refractivity contribution in [2.75, 3.05) is 14.1 Å². The lowest BCUT2D eigenvalue weighted by Crippen LogP contribution is -2.55. The Morgan fingerprint density at radius 1 is 1.00 bits per heavy atom. The maximum atomic E-state index is 13.0. The first-order chi connectivity index (χ1) is 9.31. The predicted molar refractivity (Wildman–Crippen MR) is 88.2 cm³/mol. The van der Waals surface area contributed by atoms with Gasteiger partial charge < -0.3 is 4.90 Å². The van der Waals surface area contributed by atoms with Crippen molar-refractivity contribution in [1.82, 2.24) is 9.80 Å². The average molecular weight is 298 g/mol. The normalized spacial score (nSPS) is 13.8. The molecule has 0 N–H and O–H groups in total. The average Bonchev–Trinajstić information content (AvgIpc) is 2.24. The molecular formula is C17H34N2O2. The molecule has 0 saturated heterocycles. The second-order valence-corrected chi connectivity index (χ2v) is 8.27. The summed E-state index contributed by atoms with van der Waals surface area (Å²) in [5, 5.41) is 0. The summed E-state index contributed by atoms with van der Waals surface area (Å²) in [5.41, 5.74) is -0.442. The molecule has 1 atom stereocenters. The number of carbonyl (C=O) groups is 2. The van der Waals surface area contributed by atoms with Gasteiger partial charge in [0.15, 0.2) is 0 Å². The van der Waals surface area contributed by atoms with Gasteiger partial charge in [0.05, 0.1) is 0 Å². The lowest BCUT2D eigenvalue weighted by atomic mass is 9.81. The molecule has 0 aromatic heterocycles. The first kappa shape index (κ1) is 19.9. The fraction of sp³-hybridized carbons (Fsp3) is 0.882. The molecule has 0 bridgehead atoms. The highest BCUT2D eigenvalue weighted by Gasteiger charge is 2.38. The van der Waals surface area contributed by atoms with Crippen LogP contribution in [0.3, 0.4) is 0 Å². The van der Waals surface area contributed by atoms with E-state index in [2.05, 4.69) is 27.7 Å². The molecule has 4 heteroatoms. The van der Waals surface area contributed by atoms with Gasteiger partial charge in [-0.05, 0) is 39.0 Å². The van der Waals surface area contributed by atoms with E-state index in [0.29, 0.717) is 0 Å². The summed E-state index contributed by atoms with van der Waals surface area (Å²) in [6, 6.07) is -0.234. The van der Waals surface area contributed by atoms with E-state index < -0.39 is 5.54 Å². The van der Waals surface area contributed by atoms with Crippen molar-refractivity contribution in [3.8, 4) is 0 Å². The zero-order chi connectivity index (χ0) is 17.0. The minimum Gasteiger partial charge on any atom is -0.330 e. The quantitative estimate of drug-likeness (QED) is 0.782. The zero-order valence-electron chi connectivity index (χ0n) is 15.4. The highest BCUT2D eigenvalue weighted by atomic mass is 16.2. The van der Waals surface area contributed by atoms with Crippen LogP contribution in [0.5, 0.6) is 0 Å². The minimum absolute atomic E-state index is 0.0435.